The lowest BCUT2D eigenvalue weighted by Crippen LogP contribution is -2.33. The van der Waals surface area contributed by atoms with E-state index in [1.807, 2.05) is 26.0 Å². The molecule has 1 aromatic rings. The fourth-order valence-electron chi connectivity index (χ4n) is 2.50. The number of likely N-dealkylation sites (tertiary alicyclic amines) is 1. The van der Waals surface area contributed by atoms with Crippen LogP contribution in [-0.4, -0.2) is 36.5 Å². The van der Waals surface area contributed by atoms with E-state index in [1.165, 1.54) is 4.90 Å². The van der Waals surface area contributed by atoms with Gasteiger partial charge in [0.25, 0.3) is 0 Å². The first kappa shape index (κ1) is 16.1. The van der Waals surface area contributed by atoms with E-state index in [2.05, 4.69) is 0 Å². The largest absolute Gasteiger partial charge is 0.550 e. The minimum atomic E-state index is -1.17. The summed E-state index contributed by atoms with van der Waals surface area (Å²) in [5, 5.41) is 10.9. The Labute approximate surface area is 129 Å². The summed E-state index contributed by atoms with van der Waals surface area (Å²) in [6.45, 7) is 5.38. The highest BCUT2D eigenvalue weighted by molar-refractivity contribution is 5.85. The summed E-state index contributed by atoms with van der Waals surface area (Å²) in [6.07, 6.45) is 0.0116. The molecule has 1 fully saturated rings. The molecule has 1 heterocycles. The molecule has 1 aromatic carbocycles. The Bertz CT molecular complexity index is 557. The predicted octanol–water partition coefficient (Wildman–Crippen LogP) is 0.582. The normalized spacial score (nSPS) is 17.6. The summed E-state index contributed by atoms with van der Waals surface area (Å²) in [4.78, 5) is 24.3. The molecule has 0 saturated carbocycles. The van der Waals surface area contributed by atoms with Crippen molar-refractivity contribution < 1.29 is 24.2 Å². The highest BCUT2D eigenvalue weighted by Gasteiger charge is 2.30. The van der Waals surface area contributed by atoms with Crippen molar-refractivity contribution in [3.63, 3.8) is 0 Å². The summed E-state index contributed by atoms with van der Waals surface area (Å²) in [7, 11) is 0. The fraction of sp³-hybridized carbons (Fsp3) is 0.500. The SMILES string of the molecule is CCOc1ccc(CN2C[C@H](C(=O)[O-])CC2=O)cc1OCC. The number of benzene rings is 1. The van der Waals surface area contributed by atoms with Gasteiger partial charge in [-0.05, 0) is 31.5 Å². The van der Waals surface area contributed by atoms with Crippen molar-refractivity contribution in [2.75, 3.05) is 19.8 Å². The monoisotopic (exact) mass is 306 g/mol. The number of carbonyl (C=O) groups is 2. The van der Waals surface area contributed by atoms with E-state index in [0.717, 1.165) is 5.56 Å². The van der Waals surface area contributed by atoms with Gasteiger partial charge in [0.05, 0.1) is 13.2 Å². The van der Waals surface area contributed by atoms with Crippen molar-refractivity contribution in [3.05, 3.63) is 23.8 Å². The second-order valence-corrected chi connectivity index (χ2v) is 5.14. The number of hydrogen-bond acceptors (Lipinski definition) is 5. The van der Waals surface area contributed by atoms with Gasteiger partial charge in [-0.25, -0.2) is 0 Å². The zero-order valence-electron chi connectivity index (χ0n) is 12.8. The summed E-state index contributed by atoms with van der Waals surface area (Å²) in [5.41, 5.74) is 0.874. The van der Waals surface area contributed by atoms with E-state index >= 15 is 0 Å². The molecule has 6 heteroatoms. The third-order valence-corrected chi connectivity index (χ3v) is 3.53. The van der Waals surface area contributed by atoms with Gasteiger partial charge in [0.15, 0.2) is 11.5 Å². The van der Waals surface area contributed by atoms with Crippen LogP contribution in [0.3, 0.4) is 0 Å². The minimum Gasteiger partial charge on any atom is -0.550 e. The molecule has 0 N–H and O–H groups in total. The number of rotatable bonds is 7. The molecule has 22 heavy (non-hydrogen) atoms. The third-order valence-electron chi connectivity index (χ3n) is 3.53. The number of nitrogens with zero attached hydrogens (tertiary/aromatic N) is 1. The number of amides is 1. The van der Waals surface area contributed by atoms with Gasteiger partial charge >= 0.3 is 0 Å². The van der Waals surface area contributed by atoms with Crippen LogP contribution in [0, 0.1) is 5.92 Å². The van der Waals surface area contributed by atoms with Gasteiger partial charge in [-0.15, -0.1) is 0 Å². The number of carboxylic acid groups (broad SMARTS) is 1. The molecule has 2 rings (SSSR count). The molecule has 6 nitrogen and oxygen atoms in total. The van der Waals surface area contributed by atoms with Crippen LogP contribution in [0.1, 0.15) is 25.8 Å². The van der Waals surface area contributed by atoms with Crippen LogP contribution in [0.15, 0.2) is 18.2 Å². The van der Waals surface area contributed by atoms with Crippen LogP contribution in [0.2, 0.25) is 0 Å². The molecule has 0 aromatic heterocycles. The molecular formula is C16H20NO5-. The standard InChI is InChI=1S/C16H21NO5/c1-3-21-13-6-5-11(7-14(13)22-4-2)9-17-10-12(16(19)20)8-15(17)18/h5-7,12H,3-4,8-10H2,1-2H3,(H,19,20)/p-1/t12-/m1/s1. The van der Waals surface area contributed by atoms with E-state index < -0.39 is 11.9 Å². The van der Waals surface area contributed by atoms with Crippen LogP contribution in [0.4, 0.5) is 0 Å². The second kappa shape index (κ2) is 7.15. The molecule has 1 aliphatic heterocycles. The Hall–Kier alpha value is -2.24. The lowest BCUT2D eigenvalue weighted by atomic mass is 10.1. The third kappa shape index (κ3) is 3.69. The van der Waals surface area contributed by atoms with Crippen molar-refractivity contribution in [3.8, 4) is 11.5 Å². The summed E-state index contributed by atoms with van der Waals surface area (Å²) < 4.78 is 11.0. The molecule has 1 aliphatic rings. The van der Waals surface area contributed by atoms with Crippen LogP contribution in [0.5, 0.6) is 11.5 Å². The summed E-state index contributed by atoms with van der Waals surface area (Å²) in [5.74, 6) is -0.765. The lowest BCUT2D eigenvalue weighted by Gasteiger charge is -2.18. The Balaban J connectivity index is 2.11. The van der Waals surface area contributed by atoms with Gasteiger partial charge in [0.2, 0.25) is 5.91 Å². The molecule has 0 bridgehead atoms. The number of ether oxygens (including phenoxy) is 2. The molecule has 0 unspecified atom stereocenters. The smallest absolute Gasteiger partial charge is 0.223 e. The quantitative estimate of drug-likeness (QED) is 0.736. The molecule has 1 saturated heterocycles. The molecule has 0 aliphatic carbocycles. The Morgan fingerprint density at radius 1 is 1.27 bits per heavy atom. The van der Waals surface area contributed by atoms with Crippen molar-refractivity contribution in [1.29, 1.82) is 0 Å². The van der Waals surface area contributed by atoms with E-state index in [0.29, 0.717) is 31.3 Å². The number of carboxylic acids is 1. The zero-order chi connectivity index (χ0) is 16.1. The first-order valence-electron chi connectivity index (χ1n) is 7.42. The highest BCUT2D eigenvalue weighted by atomic mass is 16.5. The van der Waals surface area contributed by atoms with Gasteiger partial charge in [-0.1, -0.05) is 6.07 Å². The fourth-order valence-corrected chi connectivity index (χ4v) is 2.50. The van der Waals surface area contributed by atoms with Gasteiger partial charge in [0, 0.05) is 31.4 Å². The van der Waals surface area contributed by atoms with E-state index in [1.54, 1.807) is 6.07 Å². The average molecular weight is 306 g/mol. The molecular weight excluding hydrogens is 286 g/mol. The number of hydrogen-bond donors (Lipinski definition) is 0. The van der Waals surface area contributed by atoms with Crippen LogP contribution in [-0.2, 0) is 16.1 Å². The maximum absolute atomic E-state index is 11.9. The van der Waals surface area contributed by atoms with E-state index in [4.69, 9.17) is 9.47 Å². The van der Waals surface area contributed by atoms with Gasteiger partial charge in [-0.2, -0.15) is 0 Å². The molecule has 0 spiro atoms. The van der Waals surface area contributed by atoms with Crippen LogP contribution in [0.25, 0.3) is 0 Å². The first-order chi connectivity index (χ1) is 10.5. The van der Waals surface area contributed by atoms with E-state index in [-0.39, 0.29) is 18.9 Å². The second-order valence-electron chi connectivity index (χ2n) is 5.14. The van der Waals surface area contributed by atoms with Gasteiger partial charge in [0.1, 0.15) is 0 Å². The highest BCUT2D eigenvalue weighted by Crippen LogP contribution is 2.30. The number of carbonyl (C=O) groups excluding carboxylic acids is 2. The van der Waals surface area contributed by atoms with Gasteiger partial charge < -0.3 is 24.3 Å². The predicted molar refractivity (Wildman–Crippen MR) is 77.3 cm³/mol. The number of aliphatic carboxylic acids is 1. The van der Waals surface area contributed by atoms with Crippen molar-refractivity contribution >= 4 is 11.9 Å². The molecule has 1 amide bonds. The maximum atomic E-state index is 11.9. The first-order valence-corrected chi connectivity index (χ1v) is 7.42. The van der Waals surface area contributed by atoms with E-state index in [9.17, 15) is 14.7 Å². The minimum absolute atomic E-state index is 0.0116. The summed E-state index contributed by atoms with van der Waals surface area (Å²) in [6, 6.07) is 5.49. The van der Waals surface area contributed by atoms with Crippen LogP contribution < -0.4 is 14.6 Å². The molecule has 120 valence electrons. The lowest BCUT2D eigenvalue weighted by molar-refractivity contribution is -0.311. The average Bonchev–Trinajstić information content (AvgIpc) is 2.84. The van der Waals surface area contributed by atoms with Crippen molar-refractivity contribution in [2.45, 2.75) is 26.8 Å². The summed E-state index contributed by atoms with van der Waals surface area (Å²) >= 11 is 0. The zero-order valence-corrected chi connectivity index (χ0v) is 12.8. The van der Waals surface area contributed by atoms with Crippen LogP contribution >= 0.6 is 0 Å². The molecule has 0 radical (unpaired) electrons. The molecule has 1 atom stereocenters. The van der Waals surface area contributed by atoms with Gasteiger partial charge in [-0.3, -0.25) is 4.79 Å². The van der Waals surface area contributed by atoms with Crippen molar-refractivity contribution in [1.82, 2.24) is 4.90 Å². The Kier molecular flexibility index (Phi) is 5.25. The Morgan fingerprint density at radius 2 is 1.95 bits per heavy atom. The van der Waals surface area contributed by atoms with Crippen molar-refractivity contribution in [2.24, 2.45) is 5.92 Å². The Morgan fingerprint density at radius 3 is 2.55 bits per heavy atom. The topological polar surface area (TPSA) is 78.9 Å². The maximum Gasteiger partial charge on any atom is 0.223 e.